The van der Waals surface area contributed by atoms with Gasteiger partial charge in [-0.05, 0) is 41.8 Å². The quantitative estimate of drug-likeness (QED) is 0.374. The maximum absolute atomic E-state index is 12.2. The molecule has 1 heterocycles. The Balaban J connectivity index is 1.56. The Morgan fingerprint density at radius 1 is 1.21 bits per heavy atom. The summed E-state index contributed by atoms with van der Waals surface area (Å²) in [5.74, 6) is 0.404. The number of aromatic nitrogens is 1. The van der Waals surface area contributed by atoms with Crippen LogP contribution in [0.15, 0.2) is 72.5 Å². The minimum Gasteiger partial charge on any atom is -0.497 e. The molecule has 5 heteroatoms. The molecule has 5 nitrogen and oxygen atoms in total. The lowest BCUT2D eigenvalue weighted by atomic mass is 10.1. The van der Waals surface area contributed by atoms with Gasteiger partial charge in [-0.2, -0.15) is 5.26 Å². The number of nitrogens with zero attached hydrogens (tertiary/aromatic N) is 1. The maximum atomic E-state index is 12.2. The summed E-state index contributed by atoms with van der Waals surface area (Å²) in [6.45, 7) is 0.460. The number of nitrogens with one attached hydrogen (secondary N) is 2. The molecule has 2 N–H and O–H groups in total. The average Bonchev–Trinajstić information content (AvgIpc) is 3.15. The number of rotatable bonds is 7. The standard InChI is InChI=1S/C23H21N3O2/c1-28-20-11-9-17(10-12-20)5-4-6-18(15-24)23(27)25-14-13-19-16-26-22-8-3-2-7-21(19)22/h2-12,16,26H,13-14H2,1H3,(H,25,27)/b5-4+,18-6-. The smallest absolute Gasteiger partial charge is 0.261 e. The highest BCUT2D eigenvalue weighted by Crippen LogP contribution is 2.17. The number of allylic oxidation sites excluding steroid dienone is 2. The van der Waals surface area contributed by atoms with Gasteiger partial charge in [-0.15, -0.1) is 0 Å². The number of hydrogen-bond acceptors (Lipinski definition) is 3. The molecule has 0 bridgehead atoms. The molecular weight excluding hydrogens is 350 g/mol. The molecule has 3 rings (SSSR count). The van der Waals surface area contributed by atoms with Crippen LogP contribution in [0.1, 0.15) is 11.1 Å². The van der Waals surface area contributed by atoms with Crippen LogP contribution >= 0.6 is 0 Å². The molecule has 2 aromatic carbocycles. The third kappa shape index (κ3) is 4.68. The Bertz CT molecular complexity index is 1050. The number of H-pyrrole nitrogens is 1. The van der Waals surface area contributed by atoms with Crippen molar-refractivity contribution in [3.05, 3.63) is 83.6 Å². The molecule has 0 aliphatic heterocycles. The van der Waals surface area contributed by atoms with Crippen molar-refractivity contribution in [3.63, 3.8) is 0 Å². The van der Waals surface area contributed by atoms with Crippen molar-refractivity contribution in [3.8, 4) is 11.8 Å². The lowest BCUT2D eigenvalue weighted by Crippen LogP contribution is -2.26. The lowest BCUT2D eigenvalue weighted by Gasteiger charge is -2.03. The second-order valence-corrected chi connectivity index (χ2v) is 6.19. The Kier molecular flexibility index (Phi) is 6.27. The van der Waals surface area contributed by atoms with E-state index in [0.717, 1.165) is 27.8 Å². The summed E-state index contributed by atoms with van der Waals surface area (Å²) in [6.07, 6.45) is 7.69. The predicted molar refractivity (Wildman–Crippen MR) is 111 cm³/mol. The van der Waals surface area contributed by atoms with Crippen molar-refractivity contribution in [2.24, 2.45) is 0 Å². The lowest BCUT2D eigenvalue weighted by molar-refractivity contribution is -0.117. The maximum Gasteiger partial charge on any atom is 0.261 e. The van der Waals surface area contributed by atoms with E-state index in [1.165, 1.54) is 6.08 Å². The van der Waals surface area contributed by atoms with E-state index >= 15 is 0 Å². The number of benzene rings is 2. The van der Waals surface area contributed by atoms with Gasteiger partial charge in [0.25, 0.3) is 5.91 Å². The first kappa shape index (κ1) is 19.0. The van der Waals surface area contributed by atoms with E-state index in [9.17, 15) is 10.1 Å². The first-order valence-electron chi connectivity index (χ1n) is 8.97. The fraction of sp³-hybridized carbons (Fsp3) is 0.130. The topological polar surface area (TPSA) is 77.9 Å². The van der Waals surface area contributed by atoms with Gasteiger partial charge in [-0.25, -0.2) is 0 Å². The summed E-state index contributed by atoms with van der Waals surface area (Å²) in [4.78, 5) is 15.4. The predicted octanol–water partition coefficient (Wildman–Crippen LogP) is 4.00. The number of methoxy groups -OCH3 is 1. The Hall–Kier alpha value is -3.78. The molecule has 0 fully saturated rings. The zero-order valence-corrected chi connectivity index (χ0v) is 15.6. The van der Waals surface area contributed by atoms with Crippen LogP contribution in [-0.4, -0.2) is 24.5 Å². The SMILES string of the molecule is COc1ccc(/C=C/C=C(/C#N)C(=O)NCCc2c[nH]c3ccccc23)cc1. The number of nitriles is 1. The van der Waals surface area contributed by atoms with Gasteiger partial charge in [0.05, 0.1) is 7.11 Å². The van der Waals surface area contributed by atoms with Gasteiger partial charge in [0.2, 0.25) is 0 Å². The Morgan fingerprint density at radius 3 is 2.75 bits per heavy atom. The number of hydrogen-bond donors (Lipinski definition) is 2. The molecule has 0 aliphatic carbocycles. The number of ether oxygens (including phenoxy) is 1. The van der Waals surface area contributed by atoms with Gasteiger partial charge >= 0.3 is 0 Å². The first-order valence-corrected chi connectivity index (χ1v) is 8.97. The van der Waals surface area contributed by atoms with E-state index < -0.39 is 0 Å². The molecule has 1 amide bonds. The van der Waals surface area contributed by atoms with Crippen molar-refractivity contribution in [1.82, 2.24) is 10.3 Å². The highest BCUT2D eigenvalue weighted by molar-refractivity contribution is 5.97. The van der Waals surface area contributed by atoms with Crippen molar-refractivity contribution in [2.45, 2.75) is 6.42 Å². The summed E-state index contributed by atoms with van der Waals surface area (Å²) in [6, 6.07) is 17.5. The van der Waals surface area contributed by atoms with Crippen LogP contribution in [0.25, 0.3) is 17.0 Å². The van der Waals surface area contributed by atoms with E-state index in [2.05, 4.69) is 10.3 Å². The summed E-state index contributed by atoms with van der Waals surface area (Å²) in [7, 11) is 1.61. The molecule has 28 heavy (non-hydrogen) atoms. The highest BCUT2D eigenvalue weighted by atomic mass is 16.5. The molecule has 0 spiro atoms. The second-order valence-electron chi connectivity index (χ2n) is 6.19. The number of carbonyl (C=O) groups is 1. The molecule has 3 aromatic rings. The average molecular weight is 371 g/mol. The van der Waals surface area contributed by atoms with Gasteiger partial charge in [-0.3, -0.25) is 4.79 Å². The summed E-state index contributed by atoms with van der Waals surface area (Å²) in [5, 5.41) is 13.2. The van der Waals surface area contributed by atoms with E-state index in [1.54, 1.807) is 13.2 Å². The van der Waals surface area contributed by atoms with Crippen LogP contribution in [0.4, 0.5) is 0 Å². The van der Waals surface area contributed by atoms with Gasteiger partial charge in [0.1, 0.15) is 17.4 Å². The summed E-state index contributed by atoms with van der Waals surface area (Å²) in [5.41, 5.74) is 3.24. The van der Waals surface area contributed by atoms with Crippen LogP contribution in [0.5, 0.6) is 5.75 Å². The second kappa shape index (κ2) is 9.24. The zero-order chi connectivity index (χ0) is 19.8. The monoisotopic (exact) mass is 371 g/mol. The number of aromatic amines is 1. The van der Waals surface area contributed by atoms with E-state index in [0.29, 0.717) is 13.0 Å². The molecule has 0 saturated carbocycles. The number of para-hydroxylation sites is 1. The molecule has 140 valence electrons. The van der Waals surface area contributed by atoms with Gasteiger partial charge in [-0.1, -0.05) is 42.5 Å². The molecule has 0 unspecified atom stereocenters. The highest BCUT2D eigenvalue weighted by Gasteiger charge is 2.08. The van der Waals surface area contributed by atoms with Crippen LogP contribution in [0.2, 0.25) is 0 Å². The van der Waals surface area contributed by atoms with Crippen LogP contribution < -0.4 is 10.1 Å². The van der Waals surface area contributed by atoms with Crippen molar-refractivity contribution in [1.29, 1.82) is 5.26 Å². The Labute approximate surface area is 164 Å². The third-order valence-corrected chi connectivity index (χ3v) is 4.39. The number of fused-ring (bicyclic) bond motifs is 1. The molecule has 1 aromatic heterocycles. The van der Waals surface area contributed by atoms with Crippen molar-refractivity contribution in [2.75, 3.05) is 13.7 Å². The van der Waals surface area contributed by atoms with Crippen molar-refractivity contribution >= 4 is 22.9 Å². The fourth-order valence-electron chi connectivity index (χ4n) is 2.88. The zero-order valence-electron chi connectivity index (χ0n) is 15.6. The van der Waals surface area contributed by atoms with Gasteiger partial charge < -0.3 is 15.0 Å². The largest absolute Gasteiger partial charge is 0.497 e. The third-order valence-electron chi connectivity index (χ3n) is 4.39. The minimum atomic E-state index is -0.373. The normalized spacial score (nSPS) is 11.5. The van der Waals surface area contributed by atoms with Crippen LogP contribution in [0.3, 0.4) is 0 Å². The molecule has 0 aliphatic rings. The number of amides is 1. The Morgan fingerprint density at radius 2 is 2.00 bits per heavy atom. The summed E-state index contributed by atoms with van der Waals surface area (Å²) < 4.78 is 5.11. The minimum absolute atomic E-state index is 0.0729. The molecule has 0 radical (unpaired) electrons. The van der Waals surface area contributed by atoms with Gasteiger partial charge in [0.15, 0.2) is 0 Å². The van der Waals surface area contributed by atoms with E-state index in [1.807, 2.05) is 66.9 Å². The van der Waals surface area contributed by atoms with Crippen LogP contribution in [0, 0.1) is 11.3 Å². The molecule has 0 atom stereocenters. The fourth-order valence-corrected chi connectivity index (χ4v) is 2.88. The molecular formula is C23H21N3O2. The summed E-state index contributed by atoms with van der Waals surface area (Å²) >= 11 is 0. The van der Waals surface area contributed by atoms with Crippen molar-refractivity contribution < 1.29 is 9.53 Å². The van der Waals surface area contributed by atoms with E-state index in [4.69, 9.17) is 4.74 Å². The van der Waals surface area contributed by atoms with Crippen LogP contribution in [-0.2, 0) is 11.2 Å². The number of carbonyl (C=O) groups excluding carboxylic acids is 1. The first-order chi connectivity index (χ1) is 13.7. The van der Waals surface area contributed by atoms with Gasteiger partial charge in [0, 0.05) is 23.6 Å². The molecule has 0 saturated heterocycles. The van der Waals surface area contributed by atoms with E-state index in [-0.39, 0.29) is 11.5 Å².